The third kappa shape index (κ3) is 5.05. The second-order valence-corrected chi connectivity index (χ2v) is 7.31. The average Bonchev–Trinajstić information content (AvgIpc) is 2.67. The molecule has 1 aliphatic carbocycles. The summed E-state index contributed by atoms with van der Waals surface area (Å²) < 4.78 is 35.7. The molecule has 30 heavy (non-hydrogen) atoms. The van der Waals surface area contributed by atoms with Crippen molar-refractivity contribution in [3.05, 3.63) is 18.2 Å². The molecule has 8 nitrogen and oxygen atoms in total. The van der Waals surface area contributed by atoms with Crippen LogP contribution in [0.2, 0.25) is 0 Å². The lowest BCUT2D eigenvalue weighted by Gasteiger charge is -2.41. The smallest absolute Gasteiger partial charge is 0.387 e. The number of carbonyl (C=O) groups is 2. The molecule has 3 N–H and O–H groups in total. The van der Waals surface area contributed by atoms with Gasteiger partial charge < -0.3 is 25.4 Å². The van der Waals surface area contributed by atoms with Crippen LogP contribution < -0.4 is 20.7 Å². The van der Waals surface area contributed by atoms with Gasteiger partial charge in [0.05, 0.1) is 12.3 Å². The van der Waals surface area contributed by atoms with Crippen LogP contribution in [0.5, 0.6) is 5.75 Å². The number of nitrogens with zero attached hydrogens (tertiary/aromatic N) is 2. The van der Waals surface area contributed by atoms with E-state index in [-0.39, 0.29) is 36.4 Å². The quantitative estimate of drug-likeness (QED) is 0.625. The fraction of sp³-hybridized carbons (Fsp3) is 0.600. The van der Waals surface area contributed by atoms with E-state index in [1.165, 1.54) is 17.0 Å². The number of nitrogens with two attached hydrogens (primary N) is 1. The van der Waals surface area contributed by atoms with Gasteiger partial charge in [0.25, 0.3) is 5.91 Å². The molecule has 0 bridgehead atoms. The molecule has 1 atom stereocenters. The van der Waals surface area contributed by atoms with Crippen molar-refractivity contribution >= 4 is 23.2 Å². The molecule has 1 aromatic rings. The molecular formula is C20H28F2N4O4. The number of amides is 2. The number of morpholine rings is 1. The molecule has 0 aromatic heterocycles. The number of ether oxygens (including phenoxy) is 2. The number of hydrogen-bond donors (Lipinski definition) is 2. The molecule has 0 unspecified atom stereocenters. The number of rotatable bonds is 9. The summed E-state index contributed by atoms with van der Waals surface area (Å²) in [6, 6.07) is 4.10. The van der Waals surface area contributed by atoms with Crippen molar-refractivity contribution in [2.45, 2.75) is 44.9 Å². The first-order valence-electron chi connectivity index (χ1n) is 10.2. The van der Waals surface area contributed by atoms with Crippen molar-refractivity contribution < 1.29 is 27.8 Å². The number of nitrogens with one attached hydrogen (secondary N) is 1. The Bertz CT molecular complexity index is 760. The highest BCUT2D eigenvalue weighted by atomic mass is 19.3. The van der Waals surface area contributed by atoms with Crippen molar-refractivity contribution in [2.24, 2.45) is 5.73 Å². The standard InChI is InChI=1S/C20H28F2N4O4/c1-2-25(13-4-3-5-13)16(11-23)19(28)24-15-7-6-14(10-17(15)30-20(21)22)26-8-9-29-12-18(26)27/h6-7,10,13,16,20H,2-5,8-9,11-12,23H2,1H3,(H,24,28)/t16-/m0/s1. The first-order chi connectivity index (χ1) is 14.4. The Morgan fingerprint density at radius 1 is 1.43 bits per heavy atom. The van der Waals surface area contributed by atoms with E-state index in [4.69, 9.17) is 10.5 Å². The Hall–Kier alpha value is -2.30. The van der Waals surface area contributed by atoms with Gasteiger partial charge in [0.1, 0.15) is 12.6 Å². The minimum atomic E-state index is -3.08. The van der Waals surface area contributed by atoms with Crippen LogP contribution >= 0.6 is 0 Å². The number of anilines is 2. The summed E-state index contributed by atoms with van der Waals surface area (Å²) in [5.74, 6) is -0.860. The van der Waals surface area contributed by atoms with Gasteiger partial charge in [-0.15, -0.1) is 0 Å². The van der Waals surface area contributed by atoms with Gasteiger partial charge in [-0.05, 0) is 31.5 Å². The molecule has 1 aromatic carbocycles. The summed E-state index contributed by atoms with van der Waals surface area (Å²) in [7, 11) is 0. The average molecular weight is 426 g/mol. The molecule has 10 heteroatoms. The lowest BCUT2D eigenvalue weighted by Crippen LogP contribution is -2.54. The van der Waals surface area contributed by atoms with E-state index in [1.807, 2.05) is 11.8 Å². The summed E-state index contributed by atoms with van der Waals surface area (Å²) in [5, 5.41) is 2.68. The minimum Gasteiger partial charge on any atom is -0.433 e. The minimum absolute atomic E-state index is 0.0737. The normalized spacial score (nSPS) is 18.5. The zero-order valence-corrected chi connectivity index (χ0v) is 17.0. The molecule has 1 saturated carbocycles. The molecule has 0 radical (unpaired) electrons. The monoisotopic (exact) mass is 426 g/mol. The molecule has 1 saturated heterocycles. The van der Waals surface area contributed by atoms with Crippen LogP contribution in [0.3, 0.4) is 0 Å². The van der Waals surface area contributed by atoms with Crippen LogP contribution in [0, 0.1) is 0 Å². The van der Waals surface area contributed by atoms with E-state index in [1.54, 1.807) is 6.07 Å². The van der Waals surface area contributed by atoms with Crippen LogP contribution in [-0.4, -0.2) is 68.3 Å². The van der Waals surface area contributed by atoms with Gasteiger partial charge in [0.2, 0.25) is 5.91 Å². The van der Waals surface area contributed by atoms with E-state index in [9.17, 15) is 18.4 Å². The third-order valence-corrected chi connectivity index (χ3v) is 5.57. The lowest BCUT2D eigenvalue weighted by atomic mass is 9.90. The van der Waals surface area contributed by atoms with Crippen molar-refractivity contribution in [1.29, 1.82) is 0 Å². The Morgan fingerprint density at radius 2 is 2.20 bits per heavy atom. The number of likely N-dealkylation sites (N-methyl/N-ethyl adjacent to an activating group) is 1. The van der Waals surface area contributed by atoms with E-state index in [0.29, 0.717) is 31.4 Å². The van der Waals surface area contributed by atoms with Gasteiger partial charge in [0.15, 0.2) is 5.75 Å². The highest BCUT2D eigenvalue weighted by Gasteiger charge is 2.33. The largest absolute Gasteiger partial charge is 0.433 e. The van der Waals surface area contributed by atoms with Crippen molar-refractivity contribution in [3.8, 4) is 5.75 Å². The summed E-state index contributed by atoms with van der Waals surface area (Å²) in [4.78, 5) is 28.4. The highest BCUT2D eigenvalue weighted by Crippen LogP contribution is 2.33. The zero-order valence-electron chi connectivity index (χ0n) is 17.0. The topological polar surface area (TPSA) is 97.1 Å². The maximum atomic E-state index is 13.0. The number of alkyl halides is 2. The van der Waals surface area contributed by atoms with Crippen LogP contribution in [0.4, 0.5) is 20.2 Å². The molecule has 3 rings (SSSR count). The molecule has 2 amide bonds. The van der Waals surface area contributed by atoms with Crippen molar-refractivity contribution in [2.75, 3.05) is 43.1 Å². The van der Waals surface area contributed by atoms with Gasteiger partial charge in [-0.3, -0.25) is 14.5 Å². The Morgan fingerprint density at radius 3 is 2.77 bits per heavy atom. The SMILES string of the molecule is CCN(C1CCC1)[C@@H](CN)C(=O)Nc1ccc(N2CCOCC2=O)cc1OC(F)F. The zero-order chi connectivity index (χ0) is 21.7. The van der Waals surface area contributed by atoms with Crippen molar-refractivity contribution in [1.82, 2.24) is 4.90 Å². The fourth-order valence-electron chi connectivity index (χ4n) is 3.83. The molecule has 2 aliphatic rings. The van der Waals surface area contributed by atoms with Crippen molar-refractivity contribution in [3.63, 3.8) is 0 Å². The van der Waals surface area contributed by atoms with Gasteiger partial charge >= 0.3 is 6.61 Å². The molecular weight excluding hydrogens is 398 g/mol. The number of benzene rings is 1. The fourth-order valence-corrected chi connectivity index (χ4v) is 3.83. The summed E-state index contributed by atoms with van der Waals surface area (Å²) in [6.45, 7) is 0.245. The predicted molar refractivity (Wildman–Crippen MR) is 108 cm³/mol. The summed E-state index contributed by atoms with van der Waals surface area (Å²) in [6.07, 6.45) is 3.15. The predicted octanol–water partition coefficient (Wildman–Crippen LogP) is 1.79. The first-order valence-corrected chi connectivity index (χ1v) is 10.2. The van der Waals surface area contributed by atoms with Gasteiger partial charge in [-0.1, -0.05) is 13.3 Å². The maximum Gasteiger partial charge on any atom is 0.387 e. The van der Waals surface area contributed by atoms with E-state index in [2.05, 4.69) is 10.1 Å². The number of hydrogen-bond acceptors (Lipinski definition) is 6. The first kappa shape index (κ1) is 22.4. The van der Waals surface area contributed by atoms with Crippen LogP contribution in [0.15, 0.2) is 18.2 Å². The summed E-state index contributed by atoms with van der Waals surface area (Å²) in [5.41, 5.74) is 6.37. The van der Waals surface area contributed by atoms with Gasteiger partial charge in [0, 0.05) is 30.9 Å². The summed E-state index contributed by atoms with van der Waals surface area (Å²) >= 11 is 0. The lowest BCUT2D eigenvalue weighted by molar-refractivity contribution is -0.125. The Balaban J connectivity index is 1.80. The number of halogens is 2. The molecule has 2 fully saturated rings. The van der Waals surface area contributed by atoms with Crippen LogP contribution in [0.1, 0.15) is 26.2 Å². The van der Waals surface area contributed by atoms with Gasteiger partial charge in [-0.25, -0.2) is 0 Å². The van der Waals surface area contributed by atoms with E-state index < -0.39 is 12.7 Å². The molecule has 166 valence electrons. The molecule has 0 spiro atoms. The second kappa shape index (κ2) is 10.1. The van der Waals surface area contributed by atoms with E-state index in [0.717, 1.165) is 19.3 Å². The third-order valence-electron chi connectivity index (χ3n) is 5.57. The van der Waals surface area contributed by atoms with E-state index >= 15 is 0 Å². The maximum absolute atomic E-state index is 13.0. The molecule has 1 aliphatic heterocycles. The van der Waals surface area contributed by atoms with Gasteiger partial charge in [-0.2, -0.15) is 8.78 Å². The second-order valence-electron chi connectivity index (χ2n) is 7.31. The molecule has 1 heterocycles. The van der Waals surface area contributed by atoms with Crippen LogP contribution in [0.25, 0.3) is 0 Å². The Labute approximate surface area is 174 Å². The van der Waals surface area contributed by atoms with Crippen LogP contribution in [-0.2, 0) is 14.3 Å². The Kier molecular flexibility index (Phi) is 7.57. The highest BCUT2D eigenvalue weighted by molar-refractivity contribution is 5.98. The number of carbonyl (C=O) groups excluding carboxylic acids is 2.